The molecule has 0 aliphatic carbocycles. The molecule has 0 heterocycles. The highest BCUT2D eigenvalue weighted by Gasteiger charge is 2.08. The summed E-state index contributed by atoms with van der Waals surface area (Å²) in [5.74, 6) is 0.948. The van der Waals surface area contributed by atoms with Gasteiger partial charge in [0.25, 0.3) is 0 Å². The van der Waals surface area contributed by atoms with E-state index in [0.29, 0.717) is 13.0 Å². The Hall–Kier alpha value is -1.02. The van der Waals surface area contributed by atoms with Crippen LogP contribution in [0.1, 0.15) is 18.1 Å². The Morgan fingerprint density at radius 3 is 2.80 bits per heavy atom. The zero-order valence-electron chi connectivity index (χ0n) is 9.05. The predicted molar refractivity (Wildman–Crippen MR) is 61.8 cm³/mol. The first-order valence-electron chi connectivity index (χ1n) is 4.98. The third kappa shape index (κ3) is 3.24. The van der Waals surface area contributed by atoms with Crippen molar-refractivity contribution in [1.29, 1.82) is 0 Å². The monoisotopic (exact) mass is 226 g/mol. The van der Waals surface area contributed by atoms with Crippen LogP contribution in [0.3, 0.4) is 0 Å². The number of carbonyl (C=O) groups is 1. The van der Waals surface area contributed by atoms with Gasteiger partial charge in [-0.2, -0.15) is 0 Å². The molecule has 0 N–H and O–H groups in total. The van der Waals surface area contributed by atoms with Gasteiger partial charge in [-0.05, 0) is 31.0 Å². The molecule has 15 heavy (non-hydrogen) atoms. The number of halogens is 1. The Morgan fingerprint density at radius 1 is 1.47 bits per heavy atom. The summed E-state index contributed by atoms with van der Waals surface area (Å²) < 4.78 is 5.45. The van der Waals surface area contributed by atoms with E-state index in [1.807, 2.05) is 32.0 Å². The second-order valence-corrected chi connectivity index (χ2v) is 3.59. The van der Waals surface area contributed by atoms with Crippen molar-refractivity contribution in [2.24, 2.45) is 0 Å². The molecule has 0 aliphatic rings. The van der Waals surface area contributed by atoms with Gasteiger partial charge in [-0.25, -0.2) is 0 Å². The van der Waals surface area contributed by atoms with Gasteiger partial charge in [0.1, 0.15) is 5.75 Å². The van der Waals surface area contributed by atoms with Crippen LogP contribution in [-0.2, 0) is 11.2 Å². The van der Waals surface area contributed by atoms with Gasteiger partial charge in [-0.1, -0.05) is 12.1 Å². The minimum Gasteiger partial charge on any atom is -0.494 e. The molecular weight excluding hydrogens is 212 g/mol. The van der Waals surface area contributed by atoms with Gasteiger partial charge in [-0.3, -0.25) is 4.79 Å². The van der Waals surface area contributed by atoms with Crippen molar-refractivity contribution in [1.82, 2.24) is 0 Å². The van der Waals surface area contributed by atoms with E-state index in [0.717, 1.165) is 16.9 Å². The van der Waals surface area contributed by atoms with Crippen molar-refractivity contribution in [3.63, 3.8) is 0 Å². The molecule has 1 aromatic carbocycles. The lowest BCUT2D eigenvalue weighted by atomic mass is 10.0. The number of carbonyl (C=O) groups excluding carboxylic acids is 1. The van der Waals surface area contributed by atoms with Crippen molar-refractivity contribution in [2.45, 2.75) is 20.3 Å². The molecule has 0 radical (unpaired) electrons. The third-order valence-electron chi connectivity index (χ3n) is 2.23. The van der Waals surface area contributed by atoms with E-state index in [-0.39, 0.29) is 11.7 Å². The maximum Gasteiger partial charge on any atom is 0.151 e. The number of rotatable bonds is 5. The lowest BCUT2D eigenvalue weighted by Crippen LogP contribution is -2.06. The van der Waals surface area contributed by atoms with Crippen LogP contribution in [0, 0.1) is 6.92 Å². The zero-order chi connectivity index (χ0) is 11.3. The Kier molecular flexibility index (Phi) is 4.63. The smallest absolute Gasteiger partial charge is 0.151 e. The highest BCUT2D eigenvalue weighted by Crippen LogP contribution is 2.21. The molecule has 0 atom stereocenters. The normalized spacial score (nSPS) is 10.1. The Balaban J connectivity index is 2.88. The number of hydrogen-bond acceptors (Lipinski definition) is 2. The molecule has 0 bridgehead atoms. The molecule has 0 saturated heterocycles. The van der Waals surface area contributed by atoms with Crippen molar-refractivity contribution in [3.8, 4) is 5.75 Å². The first-order valence-corrected chi connectivity index (χ1v) is 5.51. The molecule has 0 saturated carbocycles. The second kappa shape index (κ2) is 5.76. The molecular formula is C12H15ClO2. The van der Waals surface area contributed by atoms with Crippen LogP contribution in [0.4, 0.5) is 0 Å². The summed E-state index contributed by atoms with van der Waals surface area (Å²) in [6.45, 7) is 4.53. The molecule has 0 unspecified atom stereocenters. The average Bonchev–Trinajstić information content (AvgIpc) is 2.24. The summed E-state index contributed by atoms with van der Waals surface area (Å²) in [5.41, 5.74) is 2.02. The van der Waals surface area contributed by atoms with E-state index in [9.17, 15) is 4.79 Å². The van der Waals surface area contributed by atoms with Crippen LogP contribution < -0.4 is 4.74 Å². The van der Waals surface area contributed by atoms with Crippen molar-refractivity contribution >= 4 is 17.4 Å². The van der Waals surface area contributed by atoms with Crippen molar-refractivity contribution in [3.05, 3.63) is 29.3 Å². The maximum atomic E-state index is 11.2. The zero-order valence-corrected chi connectivity index (χ0v) is 9.80. The highest BCUT2D eigenvalue weighted by molar-refractivity contribution is 6.27. The first-order chi connectivity index (χ1) is 7.19. The highest BCUT2D eigenvalue weighted by atomic mass is 35.5. The van der Waals surface area contributed by atoms with Crippen LogP contribution in [0.25, 0.3) is 0 Å². The van der Waals surface area contributed by atoms with Crippen LogP contribution >= 0.6 is 11.6 Å². The van der Waals surface area contributed by atoms with Crippen LogP contribution in [0.2, 0.25) is 0 Å². The fraction of sp³-hybridized carbons (Fsp3) is 0.417. The van der Waals surface area contributed by atoms with E-state index < -0.39 is 0 Å². The van der Waals surface area contributed by atoms with E-state index >= 15 is 0 Å². The lowest BCUT2D eigenvalue weighted by molar-refractivity contribution is -0.116. The van der Waals surface area contributed by atoms with E-state index in [1.165, 1.54) is 0 Å². The Bertz CT molecular complexity index is 347. The molecule has 3 heteroatoms. The lowest BCUT2D eigenvalue weighted by Gasteiger charge is -2.10. The van der Waals surface area contributed by atoms with Gasteiger partial charge < -0.3 is 4.74 Å². The number of ketones is 1. The number of ether oxygens (including phenoxy) is 1. The van der Waals surface area contributed by atoms with Gasteiger partial charge in [0, 0.05) is 6.42 Å². The number of hydrogen-bond donors (Lipinski definition) is 0. The number of alkyl halides is 1. The van der Waals surface area contributed by atoms with Gasteiger partial charge in [0.05, 0.1) is 12.5 Å². The standard InChI is InChI=1S/C12H15ClO2/c1-3-15-12-6-4-5-10(9(12)2)7-11(14)8-13/h4-6H,3,7-8H2,1-2H3. The molecule has 0 fully saturated rings. The molecule has 0 amide bonds. The van der Waals surface area contributed by atoms with Crippen molar-refractivity contribution in [2.75, 3.05) is 12.5 Å². The van der Waals surface area contributed by atoms with E-state index in [1.54, 1.807) is 0 Å². The SMILES string of the molecule is CCOc1cccc(CC(=O)CCl)c1C. The fourth-order valence-electron chi connectivity index (χ4n) is 1.42. The van der Waals surface area contributed by atoms with Gasteiger partial charge in [0.15, 0.2) is 5.78 Å². The van der Waals surface area contributed by atoms with Gasteiger partial charge in [0.2, 0.25) is 0 Å². The van der Waals surface area contributed by atoms with Crippen LogP contribution in [-0.4, -0.2) is 18.3 Å². The molecule has 0 aliphatic heterocycles. The predicted octanol–water partition coefficient (Wildman–Crippen LogP) is 2.74. The van der Waals surface area contributed by atoms with Gasteiger partial charge in [-0.15, -0.1) is 11.6 Å². The quantitative estimate of drug-likeness (QED) is 0.722. The van der Waals surface area contributed by atoms with Crippen LogP contribution in [0.5, 0.6) is 5.75 Å². The summed E-state index contributed by atoms with van der Waals surface area (Å²) in [6, 6.07) is 5.74. The summed E-state index contributed by atoms with van der Waals surface area (Å²) in [4.78, 5) is 11.2. The molecule has 1 rings (SSSR count). The Labute approximate surface area is 95.2 Å². The van der Waals surface area contributed by atoms with E-state index in [2.05, 4.69) is 0 Å². The first kappa shape index (κ1) is 12.1. The summed E-state index contributed by atoms with van der Waals surface area (Å²) in [5, 5.41) is 0. The molecule has 82 valence electrons. The van der Waals surface area contributed by atoms with Crippen molar-refractivity contribution < 1.29 is 9.53 Å². The largest absolute Gasteiger partial charge is 0.494 e. The molecule has 0 spiro atoms. The minimum atomic E-state index is 0.0356. The fourth-order valence-corrected chi connectivity index (χ4v) is 1.52. The molecule has 0 aromatic heterocycles. The molecule has 2 nitrogen and oxygen atoms in total. The van der Waals surface area contributed by atoms with E-state index in [4.69, 9.17) is 16.3 Å². The number of benzene rings is 1. The maximum absolute atomic E-state index is 11.2. The summed E-state index contributed by atoms with van der Waals surface area (Å²) in [7, 11) is 0. The minimum absolute atomic E-state index is 0.0356. The third-order valence-corrected chi connectivity index (χ3v) is 2.53. The van der Waals surface area contributed by atoms with Crippen LogP contribution in [0.15, 0.2) is 18.2 Å². The second-order valence-electron chi connectivity index (χ2n) is 3.32. The summed E-state index contributed by atoms with van der Waals surface area (Å²) >= 11 is 5.47. The summed E-state index contributed by atoms with van der Waals surface area (Å²) in [6.07, 6.45) is 0.385. The topological polar surface area (TPSA) is 26.3 Å². The number of Topliss-reactive ketones (excluding diaryl/α,β-unsaturated/α-hetero) is 1. The molecule has 1 aromatic rings. The average molecular weight is 227 g/mol. The van der Waals surface area contributed by atoms with Gasteiger partial charge >= 0.3 is 0 Å². The Morgan fingerprint density at radius 2 is 2.20 bits per heavy atom.